The molecule has 4 N–H and O–H groups in total. The zero-order valence-corrected chi connectivity index (χ0v) is 25.5. The molecule has 0 spiro atoms. The molecule has 0 saturated carbocycles. The number of nitrogens with one attached hydrogen (secondary N) is 2. The SMILES string of the molecule is CCCCCCCC[C@@H](C[Se]O)NCc1ccc(C(=O)N[C@@H](CCSC)C(=O)O)c(-c2ccccc2C)c1. The van der Waals surface area contributed by atoms with Crippen molar-refractivity contribution in [2.45, 2.75) is 89.2 Å². The second kappa shape index (κ2) is 18.5. The third kappa shape index (κ3) is 11.1. The average Bonchev–Trinajstić information content (AvgIpc) is 2.91. The molecule has 210 valence electrons. The Balaban J connectivity index is 2.19. The summed E-state index contributed by atoms with van der Waals surface area (Å²) in [4.78, 5) is 25.0. The van der Waals surface area contributed by atoms with Crippen molar-refractivity contribution >= 4 is 38.9 Å². The van der Waals surface area contributed by atoms with E-state index in [1.807, 2.05) is 49.6 Å². The minimum absolute atomic E-state index is 0.267. The molecule has 0 unspecified atom stereocenters. The van der Waals surface area contributed by atoms with Crippen molar-refractivity contribution in [3.8, 4) is 11.1 Å². The summed E-state index contributed by atoms with van der Waals surface area (Å²) in [5.41, 5.74) is 4.33. The molecule has 0 heterocycles. The summed E-state index contributed by atoms with van der Waals surface area (Å²) < 4.78 is 9.63. The zero-order chi connectivity index (χ0) is 27.8. The number of hydrogen-bond acceptors (Lipinski definition) is 5. The van der Waals surface area contributed by atoms with E-state index in [2.05, 4.69) is 17.6 Å². The van der Waals surface area contributed by atoms with Crippen LogP contribution < -0.4 is 10.6 Å². The Morgan fingerprint density at radius 3 is 2.42 bits per heavy atom. The van der Waals surface area contributed by atoms with Crippen LogP contribution in [-0.4, -0.2) is 60.6 Å². The Kier molecular flexibility index (Phi) is 15.7. The molecule has 0 aliphatic rings. The number of rotatable bonds is 19. The van der Waals surface area contributed by atoms with Crippen molar-refractivity contribution in [2.24, 2.45) is 0 Å². The molecule has 0 aliphatic heterocycles. The predicted molar refractivity (Wildman–Crippen MR) is 160 cm³/mol. The van der Waals surface area contributed by atoms with Crippen molar-refractivity contribution in [1.82, 2.24) is 10.6 Å². The molecule has 0 radical (unpaired) electrons. The van der Waals surface area contributed by atoms with Gasteiger partial charge in [0.2, 0.25) is 0 Å². The Labute approximate surface area is 239 Å². The molecule has 2 aromatic rings. The topological polar surface area (TPSA) is 98.7 Å². The van der Waals surface area contributed by atoms with Gasteiger partial charge in [-0.15, -0.1) is 0 Å². The number of carbonyl (C=O) groups is 2. The van der Waals surface area contributed by atoms with Gasteiger partial charge in [0.15, 0.2) is 0 Å². The number of carbonyl (C=O) groups excluding carboxylic acids is 1. The van der Waals surface area contributed by atoms with Crippen LogP contribution in [0.1, 0.15) is 79.8 Å². The number of thioether (sulfide) groups is 1. The molecule has 8 heteroatoms. The molecular formula is C30H44N2O4SSe. The standard InChI is InChI=1S/C30H44N2O4SSe/c1-4-5-6-7-8-9-13-24(21-38-36)31-20-23-15-16-26(27(19-23)25-14-11-10-12-22(25)2)29(33)32-28(30(34)35)17-18-37-3/h10-12,14-16,19,24,28,31,36H,4-9,13,17-18,20-21H2,1-3H3,(H,32,33)(H,34,35)/t24-,28-/m0/s1. The first kappa shape index (κ1) is 32.4. The van der Waals surface area contributed by atoms with Gasteiger partial charge < -0.3 is 5.11 Å². The fourth-order valence-corrected chi connectivity index (χ4v) is 5.94. The van der Waals surface area contributed by atoms with E-state index in [9.17, 15) is 18.9 Å². The van der Waals surface area contributed by atoms with Crippen LogP contribution in [0.25, 0.3) is 11.1 Å². The number of aliphatic carboxylic acids is 1. The quantitative estimate of drug-likeness (QED) is 0.118. The second-order valence-electron chi connectivity index (χ2n) is 9.77. The third-order valence-corrected chi connectivity index (χ3v) is 8.56. The zero-order valence-electron chi connectivity index (χ0n) is 23.0. The van der Waals surface area contributed by atoms with E-state index < -0.39 is 12.0 Å². The molecule has 6 nitrogen and oxygen atoms in total. The Morgan fingerprint density at radius 1 is 1.00 bits per heavy atom. The number of unbranched alkanes of at least 4 members (excludes halogenated alkanes) is 5. The summed E-state index contributed by atoms with van der Waals surface area (Å²) in [5.74, 6) is -0.741. The molecule has 0 saturated heterocycles. The molecule has 1 amide bonds. The van der Waals surface area contributed by atoms with Crippen LogP contribution >= 0.6 is 11.8 Å². The molecule has 2 aromatic carbocycles. The van der Waals surface area contributed by atoms with Gasteiger partial charge in [-0.1, -0.05) is 0 Å². The van der Waals surface area contributed by atoms with Crippen molar-refractivity contribution in [2.75, 3.05) is 12.0 Å². The van der Waals surface area contributed by atoms with Gasteiger partial charge in [0.25, 0.3) is 0 Å². The van der Waals surface area contributed by atoms with Gasteiger partial charge in [0.1, 0.15) is 0 Å². The van der Waals surface area contributed by atoms with E-state index in [4.69, 9.17) is 0 Å². The minimum atomic E-state index is -1.02. The number of carboxylic acid groups (broad SMARTS) is 1. The Morgan fingerprint density at radius 2 is 1.74 bits per heavy atom. The van der Waals surface area contributed by atoms with Crippen LogP contribution in [0.15, 0.2) is 42.5 Å². The van der Waals surface area contributed by atoms with Crippen LogP contribution in [0, 0.1) is 6.92 Å². The van der Waals surface area contributed by atoms with Crippen molar-refractivity contribution in [3.63, 3.8) is 0 Å². The second-order valence-corrected chi connectivity index (χ2v) is 12.0. The molecule has 2 atom stereocenters. The molecular weight excluding hydrogens is 563 g/mol. The number of aryl methyl sites for hydroxylation is 1. The van der Waals surface area contributed by atoms with Crippen LogP contribution in [0.2, 0.25) is 5.32 Å². The van der Waals surface area contributed by atoms with Crippen LogP contribution in [0.3, 0.4) is 0 Å². The molecule has 0 fully saturated rings. The van der Waals surface area contributed by atoms with Gasteiger partial charge in [-0.2, -0.15) is 11.8 Å². The predicted octanol–water partition coefficient (Wildman–Crippen LogP) is 5.84. The van der Waals surface area contributed by atoms with E-state index in [1.54, 1.807) is 17.8 Å². The maximum atomic E-state index is 13.3. The number of carboxylic acids is 1. The van der Waals surface area contributed by atoms with Gasteiger partial charge in [-0.25, -0.2) is 4.79 Å². The van der Waals surface area contributed by atoms with E-state index in [-0.39, 0.29) is 27.2 Å². The summed E-state index contributed by atoms with van der Waals surface area (Å²) in [6, 6.07) is 13.1. The van der Waals surface area contributed by atoms with Gasteiger partial charge in [-0.3, -0.25) is 0 Å². The first-order valence-electron chi connectivity index (χ1n) is 13.6. The van der Waals surface area contributed by atoms with Gasteiger partial charge in [0.05, 0.1) is 0 Å². The Bertz CT molecular complexity index is 1000. The van der Waals surface area contributed by atoms with Gasteiger partial charge in [0, 0.05) is 0 Å². The average molecular weight is 608 g/mol. The molecule has 2 rings (SSSR count). The Hall–Kier alpha value is -1.83. The van der Waals surface area contributed by atoms with Crippen molar-refractivity contribution in [3.05, 3.63) is 59.2 Å². The first-order chi connectivity index (χ1) is 18.4. The molecule has 38 heavy (non-hydrogen) atoms. The summed E-state index contributed by atoms with van der Waals surface area (Å²) in [6.07, 6.45) is 10.8. The summed E-state index contributed by atoms with van der Waals surface area (Å²) in [5, 5.41) is 16.7. The molecule has 0 bridgehead atoms. The summed E-state index contributed by atoms with van der Waals surface area (Å²) >= 11 is 1.17. The number of hydrogen-bond donors (Lipinski definition) is 4. The van der Waals surface area contributed by atoms with Crippen LogP contribution in [0.4, 0.5) is 0 Å². The normalized spacial score (nSPS) is 12.7. The van der Waals surface area contributed by atoms with Crippen LogP contribution in [0.5, 0.6) is 0 Å². The third-order valence-electron chi connectivity index (χ3n) is 6.75. The van der Waals surface area contributed by atoms with E-state index in [1.165, 1.54) is 32.1 Å². The monoisotopic (exact) mass is 608 g/mol. The number of benzene rings is 2. The number of amides is 1. The first-order valence-corrected chi connectivity index (χ1v) is 17.0. The van der Waals surface area contributed by atoms with E-state index in [0.29, 0.717) is 24.3 Å². The van der Waals surface area contributed by atoms with Crippen LogP contribution in [-0.2, 0) is 11.3 Å². The summed E-state index contributed by atoms with van der Waals surface area (Å²) in [7, 11) is 0. The molecule has 0 aliphatic carbocycles. The fraction of sp³-hybridized carbons (Fsp3) is 0.533. The van der Waals surface area contributed by atoms with Crippen molar-refractivity contribution < 1.29 is 18.9 Å². The maximum absolute atomic E-state index is 13.3. The van der Waals surface area contributed by atoms with Gasteiger partial charge >= 0.3 is 206 Å². The fourth-order valence-electron chi connectivity index (χ4n) is 4.49. The molecule has 0 aromatic heterocycles. The van der Waals surface area contributed by atoms with E-state index >= 15 is 0 Å². The van der Waals surface area contributed by atoms with Crippen molar-refractivity contribution in [1.29, 1.82) is 0 Å². The van der Waals surface area contributed by atoms with Gasteiger partial charge in [-0.05, 0) is 12.0 Å². The summed E-state index contributed by atoms with van der Waals surface area (Å²) in [6.45, 7) is 4.88. The van der Waals surface area contributed by atoms with E-state index in [0.717, 1.165) is 40.4 Å².